The van der Waals surface area contributed by atoms with E-state index >= 15 is 0 Å². The molecule has 0 saturated carbocycles. The van der Waals surface area contributed by atoms with E-state index in [1.807, 2.05) is 19.1 Å². The van der Waals surface area contributed by atoms with Gasteiger partial charge in [0.2, 0.25) is 0 Å². The first kappa shape index (κ1) is 16.8. The van der Waals surface area contributed by atoms with Crippen LogP contribution in [0.3, 0.4) is 0 Å². The molecule has 0 aliphatic heterocycles. The summed E-state index contributed by atoms with van der Waals surface area (Å²) in [5.41, 5.74) is 2.21. The van der Waals surface area contributed by atoms with Gasteiger partial charge in [0.25, 0.3) is 0 Å². The van der Waals surface area contributed by atoms with Gasteiger partial charge < -0.3 is 4.74 Å². The number of ether oxygens (including phenoxy) is 1. The number of aromatic nitrogens is 1. The molecule has 0 aliphatic carbocycles. The van der Waals surface area contributed by atoms with Crippen LogP contribution < -0.4 is 4.74 Å². The summed E-state index contributed by atoms with van der Waals surface area (Å²) < 4.78 is 5.79. The van der Waals surface area contributed by atoms with Crippen LogP contribution in [-0.4, -0.2) is 11.6 Å². The maximum absolute atomic E-state index is 5.79. The molecule has 0 radical (unpaired) electrons. The Morgan fingerprint density at radius 3 is 2.41 bits per heavy atom. The lowest BCUT2D eigenvalue weighted by Gasteiger charge is -2.10. The molecule has 2 aromatic rings. The highest BCUT2D eigenvalue weighted by Crippen LogP contribution is 2.26. The molecule has 0 spiro atoms. The molecule has 0 N–H and O–H groups in total. The molecule has 2 rings (SSSR count). The minimum atomic E-state index is 0.699. The lowest BCUT2D eigenvalue weighted by atomic mass is 10.1. The SMILES string of the molecule is CCCCCCCCCc1cc(OCC)c2ccccc2n1. The maximum atomic E-state index is 5.79. The third-order valence-corrected chi connectivity index (χ3v) is 4.07. The average molecular weight is 299 g/mol. The number of hydrogen-bond acceptors (Lipinski definition) is 2. The fourth-order valence-corrected chi connectivity index (χ4v) is 2.86. The predicted octanol–water partition coefficient (Wildman–Crippen LogP) is 5.93. The van der Waals surface area contributed by atoms with Crippen molar-refractivity contribution in [2.24, 2.45) is 0 Å². The Labute approximate surface area is 134 Å². The van der Waals surface area contributed by atoms with E-state index < -0.39 is 0 Å². The summed E-state index contributed by atoms with van der Waals surface area (Å²) in [4.78, 5) is 4.79. The van der Waals surface area contributed by atoms with Crippen molar-refractivity contribution >= 4 is 10.9 Å². The van der Waals surface area contributed by atoms with Crippen molar-refractivity contribution < 1.29 is 4.74 Å². The van der Waals surface area contributed by atoms with Gasteiger partial charge in [-0.1, -0.05) is 57.6 Å². The topological polar surface area (TPSA) is 22.1 Å². The Hall–Kier alpha value is -1.57. The standard InChI is InChI=1S/C20H29NO/c1-3-5-6-7-8-9-10-13-17-16-20(22-4-2)18-14-11-12-15-19(18)21-17/h11-12,14-16H,3-10,13H2,1-2H3. The van der Waals surface area contributed by atoms with Crippen molar-refractivity contribution in [1.82, 2.24) is 4.98 Å². The lowest BCUT2D eigenvalue weighted by molar-refractivity contribution is 0.343. The Morgan fingerprint density at radius 2 is 1.64 bits per heavy atom. The summed E-state index contributed by atoms with van der Waals surface area (Å²) in [6, 6.07) is 10.4. The van der Waals surface area contributed by atoms with Crippen LogP contribution >= 0.6 is 0 Å². The Morgan fingerprint density at radius 1 is 0.909 bits per heavy atom. The highest BCUT2D eigenvalue weighted by atomic mass is 16.5. The molecule has 0 atom stereocenters. The number of fused-ring (bicyclic) bond motifs is 1. The second-order valence-electron chi connectivity index (χ2n) is 5.93. The number of para-hydroxylation sites is 1. The second-order valence-corrected chi connectivity index (χ2v) is 5.93. The predicted molar refractivity (Wildman–Crippen MR) is 94.6 cm³/mol. The van der Waals surface area contributed by atoms with Crippen molar-refractivity contribution in [2.75, 3.05) is 6.61 Å². The molecular weight excluding hydrogens is 270 g/mol. The third-order valence-electron chi connectivity index (χ3n) is 4.07. The molecule has 0 saturated heterocycles. The Bertz CT molecular complexity index is 565. The van der Waals surface area contributed by atoms with Crippen molar-refractivity contribution in [3.05, 3.63) is 36.0 Å². The number of unbranched alkanes of at least 4 members (excludes halogenated alkanes) is 6. The number of rotatable bonds is 10. The largest absolute Gasteiger partial charge is 0.493 e. The average Bonchev–Trinajstić information content (AvgIpc) is 2.54. The maximum Gasteiger partial charge on any atom is 0.130 e. The molecular formula is C20H29NO. The van der Waals surface area contributed by atoms with Crippen LogP contribution in [0.1, 0.15) is 64.5 Å². The van der Waals surface area contributed by atoms with Crippen LogP contribution in [0.5, 0.6) is 5.75 Å². The van der Waals surface area contributed by atoms with E-state index in [-0.39, 0.29) is 0 Å². The molecule has 0 fully saturated rings. The Kier molecular flexibility index (Phi) is 7.21. The van der Waals surface area contributed by atoms with Gasteiger partial charge in [-0.05, 0) is 31.9 Å². The first-order valence-corrected chi connectivity index (χ1v) is 8.86. The van der Waals surface area contributed by atoms with Crippen LogP contribution in [-0.2, 0) is 6.42 Å². The number of nitrogens with zero attached hydrogens (tertiary/aromatic N) is 1. The minimum Gasteiger partial charge on any atom is -0.493 e. The van der Waals surface area contributed by atoms with Crippen LogP contribution in [0, 0.1) is 0 Å². The lowest BCUT2D eigenvalue weighted by Crippen LogP contribution is -1.97. The van der Waals surface area contributed by atoms with Gasteiger partial charge in [-0.25, -0.2) is 0 Å². The molecule has 0 aliphatic rings. The van der Waals surface area contributed by atoms with Gasteiger partial charge >= 0.3 is 0 Å². The third kappa shape index (κ3) is 5.01. The first-order chi connectivity index (χ1) is 10.8. The van der Waals surface area contributed by atoms with Crippen molar-refractivity contribution in [3.8, 4) is 5.75 Å². The molecule has 2 nitrogen and oxygen atoms in total. The Balaban J connectivity index is 1.91. The smallest absolute Gasteiger partial charge is 0.130 e. The highest BCUT2D eigenvalue weighted by molar-refractivity contribution is 5.85. The van der Waals surface area contributed by atoms with Crippen LogP contribution in [0.4, 0.5) is 0 Å². The molecule has 22 heavy (non-hydrogen) atoms. The quantitative estimate of drug-likeness (QED) is 0.507. The van der Waals surface area contributed by atoms with E-state index in [4.69, 9.17) is 9.72 Å². The summed E-state index contributed by atoms with van der Waals surface area (Å²) >= 11 is 0. The molecule has 1 aromatic heterocycles. The van der Waals surface area contributed by atoms with Gasteiger partial charge in [0.05, 0.1) is 12.1 Å². The second kappa shape index (κ2) is 9.45. The number of aryl methyl sites for hydroxylation is 1. The fourth-order valence-electron chi connectivity index (χ4n) is 2.86. The number of hydrogen-bond donors (Lipinski definition) is 0. The number of pyridine rings is 1. The zero-order valence-electron chi connectivity index (χ0n) is 14.1. The molecule has 0 bridgehead atoms. The fraction of sp³-hybridized carbons (Fsp3) is 0.550. The summed E-state index contributed by atoms with van der Waals surface area (Å²) in [6.45, 7) is 5.00. The normalized spacial score (nSPS) is 11.0. The summed E-state index contributed by atoms with van der Waals surface area (Å²) in [7, 11) is 0. The minimum absolute atomic E-state index is 0.699. The van der Waals surface area contributed by atoms with Crippen LogP contribution in [0.2, 0.25) is 0 Å². The summed E-state index contributed by atoms with van der Waals surface area (Å²) in [5.74, 6) is 0.978. The zero-order valence-corrected chi connectivity index (χ0v) is 14.1. The van der Waals surface area contributed by atoms with Gasteiger partial charge in [0.15, 0.2) is 0 Å². The van der Waals surface area contributed by atoms with Gasteiger partial charge in [-0.3, -0.25) is 4.98 Å². The summed E-state index contributed by atoms with van der Waals surface area (Å²) in [5, 5.41) is 1.12. The van der Waals surface area contributed by atoms with Crippen molar-refractivity contribution in [1.29, 1.82) is 0 Å². The first-order valence-electron chi connectivity index (χ1n) is 8.86. The van der Waals surface area contributed by atoms with E-state index in [2.05, 4.69) is 25.1 Å². The molecule has 0 amide bonds. The van der Waals surface area contributed by atoms with E-state index in [0.717, 1.165) is 28.8 Å². The van der Waals surface area contributed by atoms with Crippen molar-refractivity contribution in [3.63, 3.8) is 0 Å². The number of benzene rings is 1. The zero-order chi connectivity index (χ0) is 15.6. The van der Waals surface area contributed by atoms with Gasteiger partial charge in [-0.2, -0.15) is 0 Å². The van der Waals surface area contributed by atoms with Crippen LogP contribution in [0.25, 0.3) is 10.9 Å². The highest BCUT2D eigenvalue weighted by Gasteiger charge is 2.06. The summed E-state index contributed by atoms with van der Waals surface area (Å²) in [6.07, 6.45) is 10.4. The van der Waals surface area contributed by atoms with Gasteiger partial charge in [0, 0.05) is 17.1 Å². The molecule has 1 heterocycles. The van der Waals surface area contributed by atoms with E-state index in [1.165, 1.54) is 44.9 Å². The van der Waals surface area contributed by atoms with Gasteiger partial charge in [0.1, 0.15) is 5.75 Å². The van der Waals surface area contributed by atoms with E-state index in [1.54, 1.807) is 0 Å². The molecule has 1 aromatic carbocycles. The molecule has 120 valence electrons. The van der Waals surface area contributed by atoms with E-state index in [9.17, 15) is 0 Å². The van der Waals surface area contributed by atoms with Crippen LogP contribution in [0.15, 0.2) is 30.3 Å². The van der Waals surface area contributed by atoms with E-state index in [0.29, 0.717) is 6.61 Å². The molecule has 0 unspecified atom stereocenters. The molecule has 2 heteroatoms. The van der Waals surface area contributed by atoms with Crippen molar-refractivity contribution in [2.45, 2.75) is 65.2 Å². The monoisotopic (exact) mass is 299 g/mol. The van der Waals surface area contributed by atoms with Gasteiger partial charge in [-0.15, -0.1) is 0 Å².